The molecule has 1 aliphatic rings. The van der Waals surface area contributed by atoms with Gasteiger partial charge in [-0.15, -0.1) is 0 Å². The SMILES string of the molecule is CC(C)n1ccc(N(C=O)Cn2ccc3cc(Oc4ncnc5c4CNC5)ccc32)n1. The van der Waals surface area contributed by atoms with Gasteiger partial charge in [-0.25, -0.2) is 9.97 Å². The van der Waals surface area contributed by atoms with E-state index >= 15 is 0 Å². The molecule has 1 amide bonds. The third-order valence-corrected chi connectivity index (χ3v) is 5.40. The molecule has 0 unspecified atom stereocenters. The van der Waals surface area contributed by atoms with E-state index < -0.39 is 0 Å². The van der Waals surface area contributed by atoms with Gasteiger partial charge in [0.2, 0.25) is 12.3 Å². The second kappa shape index (κ2) is 7.84. The molecule has 9 nitrogen and oxygen atoms in total. The van der Waals surface area contributed by atoms with Crippen molar-refractivity contribution in [2.24, 2.45) is 0 Å². The zero-order valence-electron chi connectivity index (χ0n) is 17.4. The van der Waals surface area contributed by atoms with Crippen molar-refractivity contribution >= 4 is 23.1 Å². The lowest BCUT2D eigenvalue weighted by atomic mass is 10.2. The quantitative estimate of drug-likeness (QED) is 0.465. The van der Waals surface area contributed by atoms with Crippen LogP contribution in [-0.4, -0.2) is 30.7 Å². The molecule has 31 heavy (non-hydrogen) atoms. The zero-order valence-corrected chi connectivity index (χ0v) is 17.4. The van der Waals surface area contributed by atoms with Gasteiger partial charge in [-0.3, -0.25) is 14.4 Å². The number of amides is 1. The molecule has 0 saturated heterocycles. The van der Waals surface area contributed by atoms with Crippen LogP contribution in [0.15, 0.2) is 49.1 Å². The summed E-state index contributed by atoms with van der Waals surface area (Å²) in [6.45, 7) is 5.91. The van der Waals surface area contributed by atoms with Gasteiger partial charge in [0.25, 0.3) is 0 Å². The topological polar surface area (TPSA) is 90.1 Å². The normalized spacial score (nSPS) is 13.0. The van der Waals surface area contributed by atoms with E-state index in [4.69, 9.17) is 4.74 Å². The van der Waals surface area contributed by atoms with Gasteiger partial charge in [0.1, 0.15) is 18.7 Å². The molecule has 0 aliphatic carbocycles. The zero-order chi connectivity index (χ0) is 21.4. The number of fused-ring (bicyclic) bond motifs is 2. The Morgan fingerprint density at radius 2 is 2.10 bits per heavy atom. The number of carbonyl (C=O) groups excluding carboxylic acids is 1. The molecule has 0 atom stereocenters. The number of carbonyl (C=O) groups is 1. The van der Waals surface area contributed by atoms with Gasteiger partial charge in [0.15, 0.2) is 5.82 Å². The summed E-state index contributed by atoms with van der Waals surface area (Å²) >= 11 is 0. The Morgan fingerprint density at radius 3 is 2.90 bits per heavy atom. The van der Waals surface area contributed by atoms with E-state index in [1.165, 1.54) is 6.33 Å². The molecule has 3 aromatic heterocycles. The highest BCUT2D eigenvalue weighted by Gasteiger charge is 2.18. The van der Waals surface area contributed by atoms with Crippen LogP contribution in [0.25, 0.3) is 10.9 Å². The first-order chi connectivity index (χ1) is 15.1. The van der Waals surface area contributed by atoms with Crippen molar-refractivity contribution in [3.63, 3.8) is 0 Å². The Hall–Kier alpha value is -3.72. The maximum atomic E-state index is 11.7. The highest BCUT2D eigenvalue weighted by molar-refractivity contribution is 5.82. The number of hydrogen-bond acceptors (Lipinski definition) is 6. The van der Waals surface area contributed by atoms with Gasteiger partial charge in [0, 0.05) is 48.5 Å². The first-order valence-corrected chi connectivity index (χ1v) is 10.2. The summed E-state index contributed by atoms with van der Waals surface area (Å²) in [4.78, 5) is 21.9. The highest BCUT2D eigenvalue weighted by Crippen LogP contribution is 2.29. The Morgan fingerprint density at radius 1 is 1.19 bits per heavy atom. The molecule has 1 N–H and O–H groups in total. The van der Waals surface area contributed by atoms with Gasteiger partial charge in [-0.05, 0) is 38.1 Å². The Balaban J connectivity index is 1.38. The van der Waals surface area contributed by atoms with Gasteiger partial charge in [-0.2, -0.15) is 5.10 Å². The van der Waals surface area contributed by atoms with Crippen molar-refractivity contribution in [3.8, 4) is 11.6 Å². The molecule has 4 aromatic rings. The van der Waals surface area contributed by atoms with Crippen LogP contribution in [0.5, 0.6) is 11.6 Å². The smallest absolute Gasteiger partial charge is 0.227 e. The maximum absolute atomic E-state index is 11.7. The fourth-order valence-corrected chi connectivity index (χ4v) is 3.72. The minimum absolute atomic E-state index is 0.236. The molecule has 9 heteroatoms. The number of benzene rings is 1. The van der Waals surface area contributed by atoms with Crippen LogP contribution in [0, 0.1) is 0 Å². The largest absolute Gasteiger partial charge is 0.439 e. The van der Waals surface area contributed by atoms with Crippen LogP contribution in [0.3, 0.4) is 0 Å². The summed E-state index contributed by atoms with van der Waals surface area (Å²) in [6.07, 6.45) is 6.18. The standard InChI is InChI=1S/C22H23N7O2/c1-15(2)29-8-6-21(26-29)28(14-30)13-27-7-5-16-9-17(3-4-20(16)27)31-22-18-10-23-11-19(18)24-12-25-22/h3-9,12,14-15,23H,10-11,13H2,1-2H3. The molecule has 0 spiro atoms. The predicted molar refractivity (Wildman–Crippen MR) is 116 cm³/mol. The number of aromatic nitrogens is 5. The molecule has 4 heterocycles. The van der Waals surface area contributed by atoms with Gasteiger partial charge in [0.05, 0.1) is 11.3 Å². The minimum Gasteiger partial charge on any atom is -0.439 e. The predicted octanol–water partition coefficient (Wildman–Crippen LogP) is 3.22. The first kappa shape index (κ1) is 19.3. The number of anilines is 1. The van der Waals surface area contributed by atoms with Crippen molar-refractivity contribution < 1.29 is 9.53 Å². The summed E-state index contributed by atoms with van der Waals surface area (Å²) in [5.41, 5.74) is 2.98. The van der Waals surface area contributed by atoms with Gasteiger partial charge in [-0.1, -0.05) is 0 Å². The molecule has 1 aromatic carbocycles. The molecule has 0 fully saturated rings. The molecule has 1 aliphatic heterocycles. The van der Waals surface area contributed by atoms with Crippen LogP contribution in [0.2, 0.25) is 0 Å². The van der Waals surface area contributed by atoms with Crippen LogP contribution in [-0.2, 0) is 24.6 Å². The Bertz CT molecular complexity index is 1240. The summed E-state index contributed by atoms with van der Waals surface area (Å²) < 4.78 is 9.90. The van der Waals surface area contributed by atoms with Crippen molar-refractivity contribution in [2.45, 2.75) is 39.6 Å². The van der Waals surface area contributed by atoms with Crippen molar-refractivity contribution in [3.05, 3.63) is 60.3 Å². The highest BCUT2D eigenvalue weighted by atomic mass is 16.5. The summed E-state index contributed by atoms with van der Waals surface area (Å²) in [5.74, 6) is 1.92. The minimum atomic E-state index is 0.236. The number of hydrogen-bond donors (Lipinski definition) is 1. The van der Waals surface area contributed by atoms with E-state index in [9.17, 15) is 4.79 Å². The molecule has 158 valence electrons. The van der Waals surface area contributed by atoms with Crippen LogP contribution in [0.1, 0.15) is 31.1 Å². The maximum Gasteiger partial charge on any atom is 0.227 e. The van der Waals surface area contributed by atoms with E-state index in [2.05, 4.69) is 20.4 Å². The lowest BCUT2D eigenvalue weighted by Gasteiger charge is -2.16. The lowest BCUT2D eigenvalue weighted by molar-refractivity contribution is -0.107. The number of nitrogens with one attached hydrogen (secondary N) is 1. The Labute approximate surface area is 179 Å². The van der Waals surface area contributed by atoms with E-state index in [1.54, 1.807) is 4.90 Å². The average molecular weight is 417 g/mol. The lowest BCUT2D eigenvalue weighted by Crippen LogP contribution is -2.24. The van der Waals surface area contributed by atoms with Crippen LogP contribution < -0.4 is 15.0 Å². The third-order valence-electron chi connectivity index (χ3n) is 5.40. The third kappa shape index (κ3) is 3.64. The van der Waals surface area contributed by atoms with Crippen LogP contribution >= 0.6 is 0 Å². The monoisotopic (exact) mass is 417 g/mol. The fraction of sp³-hybridized carbons (Fsp3) is 0.273. The number of rotatable bonds is 7. The average Bonchev–Trinajstić information content (AvgIpc) is 3.51. The van der Waals surface area contributed by atoms with Crippen LogP contribution in [0.4, 0.5) is 5.82 Å². The summed E-state index contributed by atoms with van der Waals surface area (Å²) in [6, 6.07) is 9.96. The van der Waals surface area contributed by atoms with Gasteiger partial charge < -0.3 is 14.6 Å². The summed E-state index contributed by atoms with van der Waals surface area (Å²) in [5, 5.41) is 8.77. The second-order valence-electron chi connectivity index (χ2n) is 7.78. The molecule has 0 saturated carbocycles. The summed E-state index contributed by atoms with van der Waals surface area (Å²) in [7, 11) is 0. The number of nitrogens with zero attached hydrogens (tertiary/aromatic N) is 6. The Kier molecular flexibility index (Phi) is 4.87. The molecule has 5 rings (SSSR count). The van der Waals surface area contributed by atoms with E-state index in [0.29, 0.717) is 30.7 Å². The molecule has 0 radical (unpaired) electrons. The van der Waals surface area contributed by atoms with Crippen molar-refractivity contribution in [2.75, 3.05) is 4.90 Å². The van der Waals surface area contributed by atoms with Gasteiger partial charge >= 0.3 is 0 Å². The fourth-order valence-electron chi connectivity index (χ4n) is 3.72. The first-order valence-electron chi connectivity index (χ1n) is 10.2. The van der Waals surface area contributed by atoms with Crippen molar-refractivity contribution in [1.82, 2.24) is 29.6 Å². The van der Waals surface area contributed by atoms with E-state index in [0.717, 1.165) is 35.1 Å². The van der Waals surface area contributed by atoms with Crippen molar-refractivity contribution in [1.29, 1.82) is 0 Å². The van der Waals surface area contributed by atoms with E-state index in [1.807, 2.05) is 65.8 Å². The molecular weight excluding hydrogens is 394 g/mol. The number of ether oxygens (including phenoxy) is 1. The molecule has 0 bridgehead atoms. The van der Waals surface area contributed by atoms with E-state index in [-0.39, 0.29) is 6.04 Å². The molecular formula is C22H23N7O2. The second-order valence-corrected chi connectivity index (χ2v) is 7.78.